The lowest BCUT2D eigenvalue weighted by Gasteiger charge is -2.31. The number of hydrogen-bond acceptors (Lipinski definition) is 4. The molecule has 2 saturated heterocycles. The smallest absolute Gasteiger partial charge is 0.321 e. The summed E-state index contributed by atoms with van der Waals surface area (Å²) in [5, 5.41) is 2.97. The van der Waals surface area contributed by atoms with Gasteiger partial charge in [0, 0.05) is 56.5 Å². The minimum Gasteiger partial charge on any atom is -0.370 e. The molecule has 0 radical (unpaired) electrons. The summed E-state index contributed by atoms with van der Waals surface area (Å²) in [4.78, 5) is 31.7. The number of piperidine rings is 1. The van der Waals surface area contributed by atoms with Crippen LogP contribution >= 0.6 is 0 Å². The van der Waals surface area contributed by atoms with Gasteiger partial charge in [0.15, 0.2) is 5.78 Å². The van der Waals surface area contributed by atoms with E-state index in [1.165, 1.54) is 30.0 Å². The summed E-state index contributed by atoms with van der Waals surface area (Å²) >= 11 is 0. The third-order valence-corrected chi connectivity index (χ3v) is 6.66. The first-order chi connectivity index (χ1) is 15.4. The van der Waals surface area contributed by atoms with Gasteiger partial charge in [0.25, 0.3) is 0 Å². The van der Waals surface area contributed by atoms with Crippen LogP contribution in [0.1, 0.15) is 31.0 Å². The van der Waals surface area contributed by atoms with Crippen LogP contribution in [0.15, 0.2) is 48.5 Å². The molecule has 2 aliphatic heterocycles. The quantitative estimate of drug-likeness (QED) is 0.703. The summed E-state index contributed by atoms with van der Waals surface area (Å²) in [7, 11) is 4.24. The molecule has 1 N–H and O–H groups in total. The molecule has 0 aliphatic carbocycles. The van der Waals surface area contributed by atoms with Crippen molar-refractivity contribution < 1.29 is 15.4 Å². The van der Waals surface area contributed by atoms with E-state index < -0.39 is 0 Å². The van der Waals surface area contributed by atoms with Gasteiger partial charge in [0.1, 0.15) is 5.82 Å². The second kappa shape index (κ2) is 9.69. The van der Waals surface area contributed by atoms with Crippen molar-refractivity contribution in [1.29, 1.82) is 0 Å². The van der Waals surface area contributed by atoms with Crippen LogP contribution in [0.3, 0.4) is 0 Å². The van der Waals surface area contributed by atoms with Crippen molar-refractivity contribution in [3.63, 3.8) is 0 Å². The fraction of sp³-hybridized carbons (Fsp3) is 0.440. The minimum atomic E-state index is -0.348. The lowest BCUT2D eigenvalue weighted by atomic mass is 9.89. The second-order valence-electron chi connectivity index (χ2n) is 8.96. The number of carbonyl (C=O) groups excluding carboxylic acids is 2. The second-order valence-corrected chi connectivity index (χ2v) is 8.96. The van der Waals surface area contributed by atoms with Gasteiger partial charge in [-0.2, -0.15) is 0 Å². The maximum atomic E-state index is 13.1. The third-order valence-electron chi connectivity index (χ3n) is 6.66. The zero-order valence-electron chi connectivity index (χ0n) is 18.8. The lowest BCUT2D eigenvalue weighted by Crippen LogP contribution is -2.42. The molecule has 2 fully saturated rings. The predicted molar refractivity (Wildman–Crippen MR) is 127 cm³/mol. The molecular formula is C25H33FN4O2. The number of ketones is 1. The molecule has 32 heavy (non-hydrogen) atoms. The summed E-state index contributed by atoms with van der Waals surface area (Å²) in [6.45, 7) is 3.12. The van der Waals surface area contributed by atoms with Crippen molar-refractivity contribution in [3.05, 3.63) is 59.9 Å². The van der Waals surface area contributed by atoms with E-state index >= 15 is 0 Å². The van der Waals surface area contributed by atoms with Gasteiger partial charge in [-0.15, -0.1) is 0 Å². The topological polar surface area (TPSA) is 55.9 Å². The number of nitrogens with zero attached hydrogens (tertiary/aromatic N) is 3. The van der Waals surface area contributed by atoms with E-state index in [2.05, 4.69) is 41.3 Å². The van der Waals surface area contributed by atoms with Gasteiger partial charge >= 0.3 is 6.03 Å². The summed E-state index contributed by atoms with van der Waals surface area (Å²) in [6.07, 6.45) is 2.39. The molecule has 1 unspecified atom stereocenters. The number of hydrogen-bond donors (Lipinski definition) is 1. The predicted octanol–water partition coefficient (Wildman–Crippen LogP) is 4.34. The number of nitrogens with one attached hydrogen (secondary N) is 1. The van der Waals surface area contributed by atoms with Gasteiger partial charge in [-0.1, -0.05) is 0 Å². The highest BCUT2D eigenvalue weighted by atomic mass is 19.1. The van der Waals surface area contributed by atoms with Crippen molar-refractivity contribution in [2.45, 2.75) is 25.3 Å². The Morgan fingerprint density at radius 3 is 2.22 bits per heavy atom. The average Bonchev–Trinajstić information content (AvgIpc) is 3.30. The van der Waals surface area contributed by atoms with Gasteiger partial charge in [-0.3, -0.25) is 4.79 Å². The average molecular weight is 441 g/mol. The van der Waals surface area contributed by atoms with Crippen LogP contribution in [0.2, 0.25) is 0 Å². The first-order valence-electron chi connectivity index (χ1n) is 11.3. The SMILES string of the molecule is CN(C)C1CCN(c2ccc(NC(=O)N3CCC(C(=O)c4ccc(F)cc4)CC3)cc2)C1.[HH]. The molecule has 6 nitrogen and oxygen atoms in total. The first-order valence-corrected chi connectivity index (χ1v) is 11.3. The Morgan fingerprint density at radius 2 is 1.62 bits per heavy atom. The number of urea groups is 1. The molecule has 172 valence electrons. The van der Waals surface area contributed by atoms with Crippen LogP contribution in [0, 0.1) is 11.7 Å². The molecule has 0 spiro atoms. The Kier molecular flexibility index (Phi) is 6.74. The number of carbonyl (C=O) groups is 2. The Bertz CT molecular complexity index is 944. The van der Waals surface area contributed by atoms with E-state index in [4.69, 9.17) is 0 Å². The van der Waals surface area contributed by atoms with E-state index in [1.54, 1.807) is 4.90 Å². The first kappa shape index (κ1) is 22.3. The van der Waals surface area contributed by atoms with Crippen molar-refractivity contribution in [1.82, 2.24) is 9.80 Å². The van der Waals surface area contributed by atoms with Crippen LogP contribution in [0.25, 0.3) is 0 Å². The van der Waals surface area contributed by atoms with Gasteiger partial charge in [0.05, 0.1) is 0 Å². The molecule has 2 aromatic rings. The lowest BCUT2D eigenvalue weighted by molar-refractivity contribution is 0.0859. The van der Waals surface area contributed by atoms with Crippen LogP contribution in [0.5, 0.6) is 0 Å². The summed E-state index contributed by atoms with van der Waals surface area (Å²) in [5.41, 5.74) is 2.48. The highest BCUT2D eigenvalue weighted by Gasteiger charge is 2.28. The van der Waals surface area contributed by atoms with Gasteiger partial charge in [-0.05, 0) is 81.9 Å². The normalized spacial score (nSPS) is 19.4. The number of likely N-dealkylation sites (N-methyl/N-ethyl adjacent to an activating group) is 1. The largest absolute Gasteiger partial charge is 0.370 e. The Morgan fingerprint density at radius 1 is 0.969 bits per heavy atom. The van der Waals surface area contributed by atoms with E-state index in [-0.39, 0.29) is 25.0 Å². The summed E-state index contributed by atoms with van der Waals surface area (Å²) < 4.78 is 13.1. The molecule has 0 aromatic heterocycles. The Labute approximate surface area is 190 Å². The Balaban J connectivity index is 0.00000306. The van der Waals surface area contributed by atoms with Crippen LogP contribution in [-0.4, -0.2) is 67.9 Å². The number of amides is 2. The van der Waals surface area contributed by atoms with Crippen LogP contribution in [-0.2, 0) is 0 Å². The van der Waals surface area contributed by atoms with E-state index in [9.17, 15) is 14.0 Å². The Hall–Kier alpha value is -2.93. The number of rotatable bonds is 5. The van der Waals surface area contributed by atoms with Gasteiger partial charge in [-0.25, -0.2) is 9.18 Å². The maximum Gasteiger partial charge on any atom is 0.321 e. The molecule has 0 bridgehead atoms. The summed E-state index contributed by atoms with van der Waals surface area (Å²) in [6, 6.07) is 14.1. The molecule has 2 aliphatic rings. The standard InChI is InChI=1S/C25H31FN4O2.H2/c1-28(2)23-13-16-30(17-23)22-9-7-21(8-10-22)27-25(32)29-14-11-19(12-15-29)24(31)18-3-5-20(26)6-4-18;/h3-10,19,23H,11-17H2,1-2H3,(H,27,32);1H. The van der Waals surface area contributed by atoms with Gasteiger partial charge in [0.2, 0.25) is 0 Å². The zero-order chi connectivity index (χ0) is 22.7. The van der Waals surface area contributed by atoms with Crippen molar-refractivity contribution in [2.75, 3.05) is 50.5 Å². The van der Waals surface area contributed by atoms with Crippen LogP contribution in [0.4, 0.5) is 20.6 Å². The van der Waals surface area contributed by atoms with Crippen molar-refractivity contribution >= 4 is 23.2 Å². The minimum absolute atomic E-state index is 0. The third kappa shape index (κ3) is 5.10. The summed E-state index contributed by atoms with van der Waals surface area (Å²) in [5.74, 6) is -0.450. The van der Waals surface area contributed by atoms with Crippen molar-refractivity contribution in [2.24, 2.45) is 5.92 Å². The van der Waals surface area contributed by atoms with Gasteiger partial charge < -0.3 is 20.0 Å². The number of Topliss-reactive ketones (excluding diaryl/α,β-unsaturated/α-hetero) is 1. The van der Waals surface area contributed by atoms with Crippen molar-refractivity contribution in [3.8, 4) is 0 Å². The fourth-order valence-electron chi connectivity index (χ4n) is 4.55. The van der Waals surface area contributed by atoms with Crippen LogP contribution < -0.4 is 10.2 Å². The molecule has 4 rings (SSSR count). The molecule has 2 amide bonds. The van der Waals surface area contributed by atoms with E-state index in [0.29, 0.717) is 37.5 Å². The van der Waals surface area contributed by atoms with E-state index in [0.717, 1.165) is 25.2 Å². The maximum absolute atomic E-state index is 13.1. The fourth-order valence-corrected chi connectivity index (χ4v) is 4.55. The monoisotopic (exact) mass is 440 g/mol. The molecule has 1 atom stereocenters. The van der Waals surface area contributed by atoms with E-state index in [1.807, 2.05) is 12.1 Å². The number of likely N-dealkylation sites (tertiary alicyclic amines) is 1. The molecular weight excluding hydrogens is 407 g/mol. The molecule has 2 heterocycles. The number of benzene rings is 2. The molecule has 0 saturated carbocycles. The molecule has 2 aromatic carbocycles. The number of anilines is 2. The highest BCUT2D eigenvalue weighted by Crippen LogP contribution is 2.25. The highest BCUT2D eigenvalue weighted by molar-refractivity contribution is 5.98. The number of halogens is 1. The zero-order valence-corrected chi connectivity index (χ0v) is 18.8. The molecule has 7 heteroatoms.